The highest BCUT2D eigenvalue weighted by atomic mass is 16.5. The van der Waals surface area contributed by atoms with Crippen LogP contribution in [-0.4, -0.2) is 12.2 Å². The quantitative estimate of drug-likeness (QED) is 0.421. The van der Waals surface area contributed by atoms with E-state index in [9.17, 15) is 0 Å². The summed E-state index contributed by atoms with van der Waals surface area (Å²) in [7, 11) is 0. The zero-order chi connectivity index (χ0) is 4.15. The summed E-state index contributed by atoms with van der Waals surface area (Å²) < 4.78 is 5.14. The molecule has 0 aromatic rings. The van der Waals surface area contributed by atoms with E-state index in [0.29, 0.717) is 12.2 Å². The van der Waals surface area contributed by atoms with Crippen LogP contribution >= 0.6 is 0 Å². The molecule has 1 nitrogen and oxygen atoms in total. The molecular formula is C5H8O. The molecule has 1 saturated carbocycles. The summed E-state index contributed by atoms with van der Waals surface area (Å²) in [5.41, 5.74) is 0. The van der Waals surface area contributed by atoms with Crippen LogP contribution in [0.2, 0.25) is 0 Å². The van der Waals surface area contributed by atoms with Crippen LogP contribution in [0, 0.1) is 5.92 Å². The summed E-state index contributed by atoms with van der Waals surface area (Å²) >= 11 is 0. The predicted octanol–water partition coefficient (Wildman–Crippen LogP) is 0.794. The molecule has 3 fully saturated rings. The summed E-state index contributed by atoms with van der Waals surface area (Å²) in [6.45, 7) is 2.25. The molecule has 0 N–H and O–H groups in total. The van der Waals surface area contributed by atoms with Gasteiger partial charge in [-0.1, -0.05) is 6.92 Å². The monoisotopic (exact) mass is 84.1 g/mol. The van der Waals surface area contributed by atoms with E-state index in [0.717, 1.165) is 5.92 Å². The maximum absolute atomic E-state index is 5.14. The minimum Gasteiger partial charge on any atom is -0.374 e. The Bertz CT molecular complexity index is 66.0. The van der Waals surface area contributed by atoms with Crippen LogP contribution in [0.1, 0.15) is 13.3 Å². The molecule has 3 rings (SSSR count). The van der Waals surface area contributed by atoms with Crippen molar-refractivity contribution in [3.8, 4) is 0 Å². The molecule has 2 saturated heterocycles. The van der Waals surface area contributed by atoms with Crippen molar-refractivity contribution in [1.82, 2.24) is 0 Å². The lowest BCUT2D eigenvalue weighted by atomic mass is 9.73. The zero-order valence-corrected chi connectivity index (χ0v) is 3.85. The Kier molecular flexibility index (Phi) is 0.327. The second-order valence-electron chi connectivity index (χ2n) is 2.31. The molecule has 2 unspecified atom stereocenters. The van der Waals surface area contributed by atoms with Crippen molar-refractivity contribution in [3.63, 3.8) is 0 Å². The topological polar surface area (TPSA) is 9.23 Å². The normalized spacial score (nSPS) is 62.5. The van der Waals surface area contributed by atoms with Crippen molar-refractivity contribution in [1.29, 1.82) is 0 Å². The van der Waals surface area contributed by atoms with Gasteiger partial charge in [0.05, 0.1) is 12.2 Å². The molecule has 1 heteroatoms. The van der Waals surface area contributed by atoms with Crippen LogP contribution in [-0.2, 0) is 4.74 Å². The largest absolute Gasteiger partial charge is 0.374 e. The average Bonchev–Trinajstić information content (AvgIpc) is 1.28. The van der Waals surface area contributed by atoms with Gasteiger partial charge in [0.25, 0.3) is 0 Å². The fourth-order valence-corrected chi connectivity index (χ4v) is 1.07. The summed E-state index contributed by atoms with van der Waals surface area (Å²) in [5, 5.41) is 0. The van der Waals surface area contributed by atoms with Crippen molar-refractivity contribution in [2.45, 2.75) is 25.6 Å². The highest BCUT2D eigenvalue weighted by molar-refractivity contribution is 4.98. The van der Waals surface area contributed by atoms with Gasteiger partial charge in [0.15, 0.2) is 0 Å². The van der Waals surface area contributed by atoms with Gasteiger partial charge in [-0.2, -0.15) is 0 Å². The Morgan fingerprint density at radius 1 is 1.50 bits per heavy atom. The molecule has 2 bridgehead atoms. The number of hydrogen-bond donors (Lipinski definition) is 0. The van der Waals surface area contributed by atoms with E-state index in [4.69, 9.17) is 4.74 Å². The first-order valence-electron chi connectivity index (χ1n) is 2.53. The Morgan fingerprint density at radius 3 is 1.83 bits per heavy atom. The Balaban J connectivity index is 2.11. The van der Waals surface area contributed by atoms with Gasteiger partial charge >= 0.3 is 0 Å². The number of rotatable bonds is 0. The first-order valence-corrected chi connectivity index (χ1v) is 2.53. The molecule has 3 aliphatic rings. The van der Waals surface area contributed by atoms with Crippen LogP contribution in [0.15, 0.2) is 0 Å². The summed E-state index contributed by atoms with van der Waals surface area (Å²) in [6.07, 6.45) is 2.70. The lowest BCUT2D eigenvalue weighted by Crippen LogP contribution is -2.61. The third-order valence-corrected chi connectivity index (χ3v) is 1.99. The van der Waals surface area contributed by atoms with Crippen molar-refractivity contribution >= 4 is 0 Å². The lowest BCUT2D eigenvalue weighted by Gasteiger charge is -2.56. The van der Waals surface area contributed by atoms with E-state index >= 15 is 0 Å². The van der Waals surface area contributed by atoms with Crippen LogP contribution < -0.4 is 0 Å². The second kappa shape index (κ2) is 0.648. The van der Waals surface area contributed by atoms with Crippen molar-refractivity contribution < 1.29 is 4.74 Å². The van der Waals surface area contributed by atoms with E-state index in [1.807, 2.05) is 0 Å². The summed E-state index contributed by atoms with van der Waals surface area (Å²) in [6, 6.07) is 0. The number of hydrogen-bond acceptors (Lipinski definition) is 1. The SMILES string of the molecule is CC1C2CC1O2. The zero-order valence-electron chi connectivity index (χ0n) is 3.85. The van der Waals surface area contributed by atoms with Crippen molar-refractivity contribution in [3.05, 3.63) is 0 Å². The Labute approximate surface area is 37.3 Å². The van der Waals surface area contributed by atoms with Gasteiger partial charge in [-0.3, -0.25) is 0 Å². The molecule has 2 atom stereocenters. The average molecular weight is 84.1 g/mol. The third kappa shape index (κ3) is 0.136. The van der Waals surface area contributed by atoms with Gasteiger partial charge < -0.3 is 4.74 Å². The van der Waals surface area contributed by atoms with Gasteiger partial charge in [-0.15, -0.1) is 0 Å². The van der Waals surface area contributed by atoms with Gasteiger partial charge in [0.2, 0.25) is 0 Å². The van der Waals surface area contributed by atoms with E-state index in [-0.39, 0.29) is 0 Å². The highest BCUT2D eigenvalue weighted by Gasteiger charge is 2.51. The molecule has 0 spiro atoms. The predicted molar refractivity (Wildman–Crippen MR) is 22.4 cm³/mol. The van der Waals surface area contributed by atoms with E-state index in [2.05, 4.69) is 6.92 Å². The minimum atomic E-state index is 0.676. The molecule has 2 aliphatic heterocycles. The molecule has 0 aromatic heterocycles. The minimum absolute atomic E-state index is 0.676. The fraction of sp³-hybridized carbons (Fsp3) is 1.00. The van der Waals surface area contributed by atoms with Crippen molar-refractivity contribution in [2.24, 2.45) is 5.92 Å². The van der Waals surface area contributed by atoms with E-state index < -0.39 is 0 Å². The Hall–Kier alpha value is -0.0400. The van der Waals surface area contributed by atoms with Crippen molar-refractivity contribution in [2.75, 3.05) is 0 Å². The summed E-state index contributed by atoms with van der Waals surface area (Å²) in [5.74, 6) is 0.907. The first kappa shape index (κ1) is 3.03. The van der Waals surface area contributed by atoms with Crippen LogP contribution in [0.3, 0.4) is 0 Å². The number of ether oxygens (including phenoxy) is 1. The molecule has 0 aromatic carbocycles. The second-order valence-corrected chi connectivity index (χ2v) is 2.31. The van der Waals surface area contributed by atoms with Crippen LogP contribution in [0.5, 0.6) is 0 Å². The molecule has 1 aliphatic carbocycles. The van der Waals surface area contributed by atoms with E-state index in [1.54, 1.807) is 0 Å². The molecule has 0 radical (unpaired) electrons. The maximum Gasteiger partial charge on any atom is 0.0654 e. The molecule has 0 amide bonds. The first-order chi connectivity index (χ1) is 2.88. The maximum atomic E-state index is 5.14. The third-order valence-electron chi connectivity index (χ3n) is 1.99. The van der Waals surface area contributed by atoms with Crippen LogP contribution in [0.25, 0.3) is 0 Å². The molecular weight excluding hydrogens is 76.1 g/mol. The summed E-state index contributed by atoms with van der Waals surface area (Å²) in [4.78, 5) is 0. The van der Waals surface area contributed by atoms with Gasteiger partial charge in [0, 0.05) is 12.3 Å². The van der Waals surface area contributed by atoms with Gasteiger partial charge in [0.1, 0.15) is 0 Å². The Morgan fingerprint density at radius 2 is 1.83 bits per heavy atom. The lowest BCUT2D eigenvalue weighted by molar-refractivity contribution is -0.287. The molecule has 2 heterocycles. The standard InChI is InChI=1S/C5H8O/c1-3-4-2-5(3)6-4/h3-5H,2H2,1H3. The smallest absolute Gasteiger partial charge is 0.0654 e. The highest BCUT2D eigenvalue weighted by Crippen LogP contribution is 2.45. The van der Waals surface area contributed by atoms with E-state index in [1.165, 1.54) is 6.42 Å². The fourth-order valence-electron chi connectivity index (χ4n) is 1.07. The van der Waals surface area contributed by atoms with Gasteiger partial charge in [-0.05, 0) is 0 Å². The molecule has 6 heavy (non-hydrogen) atoms. The van der Waals surface area contributed by atoms with Gasteiger partial charge in [-0.25, -0.2) is 0 Å². The van der Waals surface area contributed by atoms with Crippen LogP contribution in [0.4, 0.5) is 0 Å². The molecule has 34 valence electrons.